The van der Waals surface area contributed by atoms with Gasteiger partial charge >= 0.3 is 12.1 Å². The first-order valence-electron chi connectivity index (χ1n) is 5.94. The number of furan rings is 1. The average molecular weight is 281 g/mol. The number of H-pyrrole nitrogens is 1. The van der Waals surface area contributed by atoms with Gasteiger partial charge in [0.05, 0.1) is 11.8 Å². The highest BCUT2D eigenvalue weighted by Gasteiger charge is 2.18. The van der Waals surface area contributed by atoms with Crippen molar-refractivity contribution in [3.05, 3.63) is 24.1 Å². The maximum absolute atomic E-state index is 11.7. The highest BCUT2D eigenvalue weighted by atomic mass is 16.8. The van der Waals surface area contributed by atoms with Gasteiger partial charge in [-0.1, -0.05) is 0 Å². The normalized spacial score (nSPS) is 11.3. The summed E-state index contributed by atoms with van der Waals surface area (Å²) in [7, 11) is 0. The van der Waals surface area contributed by atoms with Crippen LogP contribution in [0.5, 0.6) is 0 Å². The molecule has 0 aromatic carbocycles. The largest absolute Gasteiger partial charge is 0.511 e. The Morgan fingerprint density at radius 1 is 1.30 bits per heavy atom. The Morgan fingerprint density at radius 2 is 2.05 bits per heavy atom. The highest BCUT2D eigenvalue weighted by Crippen LogP contribution is 2.16. The van der Waals surface area contributed by atoms with Gasteiger partial charge in [-0.05, 0) is 20.8 Å². The van der Waals surface area contributed by atoms with E-state index < -0.39 is 24.5 Å². The lowest BCUT2D eigenvalue weighted by atomic mass is 10.2. The number of aromatic amines is 1. The van der Waals surface area contributed by atoms with E-state index >= 15 is 0 Å². The molecule has 0 aliphatic heterocycles. The molecule has 0 spiro atoms. The van der Waals surface area contributed by atoms with Gasteiger partial charge in [-0.3, -0.25) is 0 Å². The van der Waals surface area contributed by atoms with Crippen molar-refractivity contribution in [3.63, 3.8) is 0 Å². The fourth-order valence-electron chi connectivity index (χ4n) is 1.45. The molecule has 0 atom stereocenters. The molecule has 7 nitrogen and oxygen atoms in total. The van der Waals surface area contributed by atoms with Crippen LogP contribution in [0.2, 0.25) is 0 Å². The minimum absolute atomic E-state index is 0.215. The van der Waals surface area contributed by atoms with Crippen molar-refractivity contribution in [2.75, 3.05) is 6.79 Å². The first kappa shape index (κ1) is 14.0. The first-order valence-corrected chi connectivity index (χ1v) is 5.94. The summed E-state index contributed by atoms with van der Waals surface area (Å²) in [6, 6.07) is 3.19. The van der Waals surface area contributed by atoms with Crippen LogP contribution in [-0.4, -0.2) is 29.5 Å². The van der Waals surface area contributed by atoms with Crippen LogP contribution in [0.15, 0.2) is 22.8 Å². The third-order valence-corrected chi connectivity index (χ3v) is 2.22. The van der Waals surface area contributed by atoms with Gasteiger partial charge in [0.15, 0.2) is 5.58 Å². The van der Waals surface area contributed by atoms with Crippen LogP contribution in [0.4, 0.5) is 4.79 Å². The summed E-state index contributed by atoms with van der Waals surface area (Å²) in [6.07, 6.45) is 0.604. The fourth-order valence-corrected chi connectivity index (χ4v) is 1.45. The second-order valence-electron chi connectivity index (χ2n) is 5.04. The zero-order valence-electron chi connectivity index (χ0n) is 11.4. The Kier molecular flexibility index (Phi) is 3.69. The summed E-state index contributed by atoms with van der Waals surface area (Å²) in [6.45, 7) is 4.59. The van der Waals surface area contributed by atoms with Gasteiger partial charge in [0.25, 0.3) is 0 Å². The Morgan fingerprint density at radius 3 is 2.70 bits per heavy atom. The second kappa shape index (κ2) is 5.28. The van der Waals surface area contributed by atoms with Crippen molar-refractivity contribution >= 4 is 23.2 Å². The van der Waals surface area contributed by atoms with E-state index in [-0.39, 0.29) is 5.69 Å². The molecule has 2 aromatic rings. The van der Waals surface area contributed by atoms with E-state index in [4.69, 9.17) is 13.9 Å². The molecule has 0 saturated heterocycles. The van der Waals surface area contributed by atoms with Gasteiger partial charge in [-0.15, -0.1) is 0 Å². The maximum Gasteiger partial charge on any atom is 0.511 e. The number of hydrogen-bond acceptors (Lipinski definition) is 6. The van der Waals surface area contributed by atoms with E-state index in [1.807, 2.05) is 0 Å². The molecule has 0 radical (unpaired) electrons. The monoisotopic (exact) mass is 281 g/mol. The predicted octanol–water partition coefficient (Wildman–Crippen LogP) is 2.83. The van der Waals surface area contributed by atoms with Gasteiger partial charge in [0.1, 0.15) is 11.3 Å². The molecular formula is C13H15NO6. The minimum Gasteiger partial charge on any atom is -0.463 e. The molecule has 0 amide bonds. The number of rotatable bonds is 3. The molecule has 0 fully saturated rings. The summed E-state index contributed by atoms with van der Waals surface area (Å²) in [5.74, 6) is -0.653. The Hall–Kier alpha value is -2.44. The van der Waals surface area contributed by atoms with E-state index in [9.17, 15) is 9.59 Å². The van der Waals surface area contributed by atoms with E-state index in [1.165, 1.54) is 12.3 Å². The number of esters is 1. The molecule has 2 rings (SSSR count). The number of carbonyl (C=O) groups excluding carboxylic acids is 2. The van der Waals surface area contributed by atoms with E-state index in [2.05, 4.69) is 9.72 Å². The molecule has 0 saturated carbocycles. The van der Waals surface area contributed by atoms with Gasteiger partial charge in [0.2, 0.25) is 6.79 Å². The minimum atomic E-state index is -0.898. The summed E-state index contributed by atoms with van der Waals surface area (Å²) < 4.78 is 19.4. The molecular weight excluding hydrogens is 266 g/mol. The number of ether oxygens (including phenoxy) is 3. The van der Waals surface area contributed by atoms with E-state index in [0.717, 1.165) is 0 Å². The molecule has 1 N–H and O–H groups in total. The number of aromatic nitrogens is 1. The Labute approximate surface area is 114 Å². The molecule has 0 bridgehead atoms. The highest BCUT2D eigenvalue weighted by molar-refractivity contribution is 5.93. The lowest BCUT2D eigenvalue weighted by Gasteiger charge is -2.18. The average Bonchev–Trinajstić information content (AvgIpc) is 2.85. The van der Waals surface area contributed by atoms with Crippen LogP contribution in [0, 0.1) is 0 Å². The molecule has 108 valence electrons. The first-order chi connectivity index (χ1) is 9.35. The smallest absolute Gasteiger partial charge is 0.463 e. The third-order valence-electron chi connectivity index (χ3n) is 2.22. The van der Waals surface area contributed by atoms with Crippen LogP contribution in [0.3, 0.4) is 0 Å². The Balaban J connectivity index is 1.81. The van der Waals surface area contributed by atoms with Crippen molar-refractivity contribution in [1.29, 1.82) is 0 Å². The van der Waals surface area contributed by atoms with Crippen molar-refractivity contribution in [3.8, 4) is 0 Å². The summed E-state index contributed by atoms with van der Waals surface area (Å²) in [5.41, 5.74) is 0.785. The lowest BCUT2D eigenvalue weighted by molar-refractivity contribution is -0.0526. The van der Waals surface area contributed by atoms with Crippen LogP contribution >= 0.6 is 0 Å². The fraction of sp³-hybridized carbons (Fsp3) is 0.385. The number of hydrogen-bond donors (Lipinski definition) is 1. The predicted molar refractivity (Wildman–Crippen MR) is 68.2 cm³/mol. The van der Waals surface area contributed by atoms with Crippen LogP contribution in [0.1, 0.15) is 31.3 Å². The van der Waals surface area contributed by atoms with Crippen molar-refractivity contribution in [2.24, 2.45) is 0 Å². The van der Waals surface area contributed by atoms with E-state index in [1.54, 1.807) is 26.8 Å². The summed E-state index contributed by atoms with van der Waals surface area (Å²) >= 11 is 0. The van der Waals surface area contributed by atoms with Crippen LogP contribution in [-0.2, 0) is 14.2 Å². The van der Waals surface area contributed by atoms with E-state index in [0.29, 0.717) is 11.1 Å². The Bertz CT molecular complexity index is 590. The zero-order valence-corrected chi connectivity index (χ0v) is 11.4. The SMILES string of the molecule is CC(C)(C)OC(=O)OCOC(=O)c1cc2occc2[nH]1. The molecule has 20 heavy (non-hydrogen) atoms. The van der Waals surface area contributed by atoms with Crippen molar-refractivity contribution in [2.45, 2.75) is 26.4 Å². The molecule has 0 aliphatic rings. The molecule has 2 heterocycles. The molecule has 2 aromatic heterocycles. The molecule has 0 aliphatic carbocycles. The van der Waals surface area contributed by atoms with Crippen LogP contribution in [0.25, 0.3) is 11.1 Å². The molecule has 0 unspecified atom stereocenters. The van der Waals surface area contributed by atoms with Gasteiger partial charge in [0, 0.05) is 12.1 Å². The zero-order chi connectivity index (χ0) is 14.8. The van der Waals surface area contributed by atoms with Gasteiger partial charge < -0.3 is 23.6 Å². The summed E-state index contributed by atoms with van der Waals surface area (Å²) in [5, 5.41) is 0. The maximum atomic E-state index is 11.7. The van der Waals surface area contributed by atoms with Gasteiger partial charge in [-0.2, -0.15) is 0 Å². The number of fused-ring (bicyclic) bond motifs is 1. The topological polar surface area (TPSA) is 90.8 Å². The number of carbonyl (C=O) groups is 2. The second-order valence-corrected chi connectivity index (χ2v) is 5.04. The van der Waals surface area contributed by atoms with Gasteiger partial charge in [-0.25, -0.2) is 9.59 Å². The third kappa shape index (κ3) is 3.53. The summed E-state index contributed by atoms with van der Waals surface area (Å²) in [4.78, 5) is 25.7. The van der Waals surface area contributed by atoms with Crippen LogP contribution < -0.4 is 0 Å². The standard InChI is InChI=1S/C13H15NO6/c1-13(2,3)20-12(16)19-7-18-11(15)9-6-10-8(14-9)4-5-17-10/h4-6,14H,7H2,1-3H3. The van der Waals surface area contributed by atoms with Crippen molar-refractivity contribution < 1.29 is 28.2 Å². The number of nitrogens with one attached hydrogen (secondary N) is 1. The molecule has 7 heteroatoms. The van der Waals surface area contributed by atoms with Crippen molar-refractivity contribution in [1.82, 2.24) is 4.98 Å². The quantitative estimate of drug-likeness (QED) is 0.687. The lowest BCUT2D eigenvalue weighted by Crippen LogP contribution is -2.25.